The molecule has 1 aromatic rings. The fraction of sp³-hybridized carbons (Fsp3) is 0.231. The van der Waals surface area contributed by atoms with Crippen LogP contribution in [0.1, 0.15) is 19.4 Å². The molecular formula is C13H12ClNO2S2. The maximum Gasteiger partial charge on any atom is 0.266 e. The molecule has 0 unspecified atom stereocenters. The molecule has 0 aromatic heterocycles. The van der Waals surface area contributed by atoms with Gasteiger partial charge in [0.1, 0.15) is 10.1 Å². The van der Waals surface area contributed by atoms with Crippen LogP contribution >= 0.6 is 35.6 Å². The molecule has 19 heavy (non-hydrogen) atoms. The molecule has 1 saturated heterocycles. The van der Waals surface area contributed by atoms with Crippen LogP contribution < -0.4 is 0 Å². The molecule has 1 amide bonds. The first-order chi connectivity index (χ1) is 8.90. The van der Waals surface area contributed by atoms with E-state index >= 15 is 0 Å². The highest BCUT2D eigenvalue weighted by Crippen LogP contribution is 2.35. The van der Waals surface area contributed by atoms with Crippen molar-refractivity contribution in [3.63, 3.8) is 0 Å². The molecule has 3 nitrogen and oxygen atoms in total. The van der Waals surface area contributed by atoms with Crippen LogP contribution in [-0.2, 0) is 4.79 Å². The molecule has 1 fully saturated rings. The zero-order valence-electron chi connectivity index (χ0n) is 10.4. The van der Waals surface area contributed by atoms with Crippen molar-refractivity contribution in [3.05, 3.63) is 33.7 Å². The Kier molecular flexibility index (Phi) is 4.18. The van der Waals surface area contributed by atoms with Gasteiger partial charge in [-0.15, -0.1) is 0 Å². The molecule has 1 aliphatic heterocycles. The van der Waals surface area contributed by atoms with Crippen molar-refractivity contribution in [2.45, 2.75) is 19.9 Å². The van der Waals surface area contributed by atoms with Gasteiger partial charge in [0, 0.05) is 16.6 Å². The van der Waals surface area contributed by atoms with E-state index < -0.39 is 0 Å². The lowest BCUT2D eigenvalue weighted by Crippen LogP contribution is -2.34. The van der Waals surface area contributed by atoms with Gasteiger partial charge in [-0.1, -0.05) is 35.6 Å². The first kappa shape index (κ1) is 14.4. The third-order valence-corrected chi connectivity index (χ3v) is 4.18. The molecule has 100 valence electrons. The van der Waals surface area contributed by atoms with Gasteiger partial charge >= 0.3 is 0 Å². The average molecular weight is 314 g/mol. The Morgan fingerprint density at radius 3 is 2.74 bits per heavy atom. The van der Waals surface area contributed by atoms with E-state index in [1.807, 2.05) is 13.8 Å². The zero-order chi connectivity index (χ0) is 14.2. The van der Waals surface area contributed by atoms with E-state index in [0.717, 1.165) is 0 Å². The summed E-state index contributed by atoms with van der Waals surface area (Å²) in [6, 6.07) is 4.72. The minimum absolute atomic E-state index is 0.0198. The van der Waals surface area contributed by atoms with Crippen molar-refractivity contribution in [1.29, 1.82) is 0 Å². The quantitative estimate of drug-likeness (QED) is 0.668. The summed E-state index contributed by atoms with van der Waals surface area (Å²) in [5.41, 5.74) is 0.511. The molecule has 0 atom stereocenters. The number of carbonyl (C=O) groups is 1. The van der Waals surface area contributed by atoms with Crippen molar-refractivity contribution in [3.8, 4) is 5.75 Å². The molecule has 0 bridgehead atoms. The normalized spacial score (nSPS) is 17.9. The van der Waals surface area contributed by atoms with Gasteiger partial charge in [0.2, 0.25) is 0 Å². The van der Waals surface area contributed by atoms with Gasteiger partial charge in [-0.2, -0.15) is 0 Å². The maximum atomic E-state index is 12.2. The summed E-state index contributed by atoms with van der Waals surface area (Å²) in [4.78, 5) is 14.3. The number of carbonyl (C=O) groups excluding carboxylic acids is 1. The number of hydrogen-bond donors (Lipinski definition) is 1. The number of nitrogens with zero attached hydrogens (tertiary/aromatic N) is 1. The van der Waals surface area contributed by atoms with Gasteiger partial charge in [-0.05, 0) is 38.1 Å². The van der Waals surface area contributed by atoms with E-state index in [4.69, 9.17) is 23.8 Å². The molecule has 2 rings (SSSR count). The van der Waals surface area contributed by atoms with Crippen molar-refractivity contribution in [1.82, 2.24) is 4.90 Å². The number of phenolic OH excluding ortho intramolecular Hbond substituents is 1. The molecular weight excluding hydrogens is 302 g/mol. The monoisotopic (exact) mass is 313 g/mol. The Labute approximate surface area is 126 Å². The third kappa shape index (κ3) is 2.94. The Hall–Kier alpha value is -1.04. The maximum absolute atomic E-state index is 12.2. The van der Waals surface area contributed by atoms with E-state index in [0.29, 0.717) is 19.8 Å². The SMILES string of the molecule is CC(C)N1C(=O)/C(=C/c2cc(Cl)ccc2O)SC1=S. The number of rotatable bonds is 2. The van der Waals surface area contributed by atoms with Crippen molar-refractivity contribution in [2.24, 2.45) is 0 Å². The minimum atomic E-state index is -0.135. The topological polar surface area (TPSA) is 40.5 Å². The van der Waals surface area contributed by atoms with E-state index in [9.17, 15) is 9.90 Å². The van der Waals surface area contributed by atoms with Gasteiger partial charge in [0.25, 0.3) is 5.91 Å². The molecule has 0 aliphatic carbocycles. The zero-order valence-corrected chi connectivity index (χ0v) is 12.8. The van der Waals surface area contributed by atoms with Gasteiger partial charge in [0.15, 0.2) is 0 Å². The van der Waals surface area contributed by atoms with Crippen LogP contribution in [0.25, 0.3) is 6.08 Å². The largest absolute Gasteiger partial charge is 0.507 e. The number of phenols is 1. The fourth-order valence-corrected chi connectivity index (χ4v) is 3.40. The molecule has 0 radical (unpaired) electrons. The third-order valence-electron chi connectivity index (χ3n) is 2.62. The van der Waals surface area contributed by atoms with Gasteiger partial charge in [-0.3, -0.25) is 9.69 Å². The van der Waals surface area contributed by atoms with Crippen molar-refractivity contribution >= 4 is 51.9 Å². The first-order valence-electron chi connectivity index (χ1n) is 5.65. The van der Waals surface area contributed by atoms with Crippen molar-refractivity contribution in [2.75, 3.05) is 0 Å². The molecule has 6 heteroatoms. The highest BCUT2D eigenvalue weighted by Gasteiger charge is 2.33. The summed E-state index contributed by atoms with van der Waals surface area (Å²) in [5, 5.41) is 10.3. The van der Waals surface area contributed by atoms with Gasteiger partial charge in [-0.25, -0.2) is 0 Å². The Bertz CT molecular complexity index is 584. The number of aromatic hydroxyl groups is 1. The Morgan fingerprint density at radius 2 is 2.16 bits per heavy atom. The molecule has 1 aromatic carbocycles. The number of benzene rings is 1. The molecule has 1 heterocycles. The Morgan fingerprint density at radius 1 is 1.47 bits per heavy atom. The van der Waals surface area contributed by atoms with Crippen LogP contribution in [0.5, 0.6) is 5.75 Å². The summed E-state index contributed by atoms with van der Waals surface area (Å²) < 4.78 is 0.535. The first-order valence-corrected chi connectivity index (χ1v) is 7.26. The van der Waals surface area contributed by atoms with E-state index in [1.54, 1.807) is 23.1 Å². The number of thioether (sulfide) groups is 1. The van der Waals surface area contributed by atoms with Gasteiger partial charge in [0.05, 0.1) is 4.91 Å². The second kappa shape index (κ2) is 5.53. The second-order valence-electron chi connectivity index (χ2n) is 4.35. The summed E-state index contributed by atoms with van der Waals surface area (Å²) in [5.74, 6) is -0.0522. The lowest BCUT2D eigenvalue weighted by Gasteiger charge is -2.18. The number of halogens is 1. The van der Waals surface area contributed by atoms with Crippen LogP contribution in [-0.4, -0.2) is 26.3 Å². The summed E-state index contributed by atoms with van der Waals surface area (Å²) in [7, 11) is 0. The highest BCUT2D eigenvalue weighted by atomic mass is 35.5. The van der Waals surface area contributed by atoms with E-state index in [1.165, 1.54) is 17.8 Å². The summed E-state index contributed by atoms with van der Waals surface area (Å²) in [6.07, 6.45) is 1.61. The van der Waals surface area contributed by atoms with Crippen LogP contribution in [0.15, 0.2) is 23.1 Å². The van der Waals surface area contributed by atoms with Crippen LogP contribution in [0, 0.1) is 0 Å². The fourth-order valence-electron chi connectivity index (χ4n) is 1.71. The van der Waals surface area contributed by atoms with E-state index in [-0.39, 0.29) is 17.7 Å². The van der Waals surface area contributed by atoms with Crippen molar-refractivity contribution < 1.29 is 9.90 Å². The summed E-state index contributed by atoms with van der Waals surface area (Å²) >= 11 is 12.3. The average Bonchev–Trinajstić information content (AvgIpc) is 2.59. The molecule has 0 spiro atoms. The van der Waals surface area contributed by atoms with Crippen LogP contribution in [0.3, 0.4) is 0 Å². The number of amides is 1. The number of hydrogen-bond acceptors (Lipinski definition) is 4. The molecule has 0 saturated carbocycles. The van der Waals surface area contributed by atoms with Gasteiger partial charge < -0.3 is 5.11 Å². The molecule has 1 N–H and O–H groups in total. The molecule has 1 aliphatic rings. The lowest BCUT2D eigenvalue weighted by molar-refractivity contribution is -0.123. The van der Waals surface area contributed by atoms with Crippen LogP contribution in [0.4, 0.5) is 0 Å². The minimum Gasteiger partial charge on any atom is -0.507 e. The smallest absolute Gasteiger partial charge is 0.266 e. The predicted octanol–water partition coefficient (Wildman–Crippen LogP) is 3.66. The Balaban J connectivity index is 2.38. The summed E-state index contributed by atoms with van der Waals surface area (Å²) in [6.45, 7) is 3.81. The number of thiocarbonyl (C=S) groups is 1. The van der Waals surface area contributed by atoms with Crippen LogP contribution in [0.2, 0.25) is 5.02 Å². The van der Waals surface area contributed by atoms with E-state index in [2.05, 4.69) is 0 Å². The highest BCUT2D eigenvalue weighted by molar-refractivity contribution is 8.26. The standard InChI is InChI=1S/C13H12ClNO2S2/c1-7(2)15-12(17)11(19-13(15)18)6-8-5-9(14)3-4-10(8)16/h3-7,16H,1-2H3/b11-6-. The second-order valence-corrected chi connectivity index (χ2v) is 6.46. The predicted molar refractivity (Wildman–Crippen MR) is 83.3 cm³/mol. The lowest BCUT2D eigenvalue weighted by atomic mass is 10.2.